The van der Waals surface area contributed by atoms with Crippen LogP contribution in [-0.2, 0) is 11.2 Å². The van der Waals surface area contributed by atoms with Gasteiger partial charge in [0.05, 0.1) is 0 Å². The maximum Gasteiger partial charge on any atom is 0.308 e. The van der Waals surface area contributed by atoms with Crippen LogP contribution in [0.15, 0.2) is 18.2 Å². The molecule has 1 radical (unpaired) electrons. The van der Waals surface area contributed by atoms with E-state index in [1.807, 2.05) is 12.1 Å². The summed E-state index contributed by atoms with van der Waals surface area (Å²) in [4.78, 5) is 11.0. The van der Waals surface area contributed by atoms with E-state index >= 15 is 0 Å². The molecule has 1 aromatic rings. The number of hydrogen-bond acceptors (Lipinski definition) is 2. The first-order chi connectivity index (χ1) is 8.02. The predicted octanol–water partition coefficient (Wildman–Crippen LogP) is 3.92. The zero-order valence-corrected chi connectivity index (χ0v) is 11.2. The summed E-state index contributed by atoms with van der Waals surface area (Å²) in [6, 6.07) is 6.06. The zero-order valence-electron chi connectivity index (χ0n) is 11.2. The maximum absolute atomic E-state index is 11.0. The molecule has 2 nitrogen and oxygen atoms in total. The van der Waals surface area contributed by atoms with Crippen LogP contribution in [0.4, 0.5) is 0 Å². The minimum atomic E-state index is -0.266. The number of benzene rings is 1. The molecule has 2 heteroatoms. The number of carbonyl (C=O) groups is 1. The van der Waals surface area contributed by atoms with Gasteiger partial charge in [0.25, 0.3) is 0 Å². The summed E-state index contributed by atoms with van der Waals surface area (Å²) in [6.45, 7) is 7.74. The Labute approximate surface area is 104 Å². The molecule has 1 rings (SSSR count). The number of hydrogen-bond donors (Lipinski definition) is 0. The number of aryl methyl sites for hydroxylation is 1. The first-order valence-electron chi connectivity index (χ1n) is 6.16. The van der Waals surface area contributed by atoms with Gasteiger partial charge in [-0.2, -0.15) is 0 Å². The number of unbranched alkanes of at least 4 members (excludes halogenated alkanes) is 1. The molecule has 0 aliphatic heterocycles. The highest BCUT2D eigenvalue weighted by molar-refractivity contribution is 5.69. The fourth-order valence-electron chi connectivity index (χ4n) is 1.70. The zero-order chi connectivity index (χ0) is 12.8. The third kappa shape index (κ3) is 4.59. The number of rotatable bonds is 5. The van der Waals surface area contributed by atoms with Crippen LogP contribution in [0, 0.1) is 5.92 Å². The Morgan fingerprint density at radius 2 is 1.88 bits per heavy atom. The summed E-state index contributed by atoms with van der Waals surface area (Å²) >= 11 is 0. The van der Waals surface area contributed by atoms with E-state index in [2.05, 4.69) is 26.8 Å². The van der Waals surface area contributed by atoms with Crippen molar-refractivity contribution in [2.24, 2.45) is 0 Å². The van der Waals surface area contributed by atoms with E-state index in [4.69, 9.17) is 4.74 Å². The molecule has 0 atom stereocenters. The van der Waals surface area contributed by atoms with Gasteiger partial charge < -0.3 is 4.74 Å². The Morgan fingerprint density at radius 3 is 2.41 bits per heavy atom. The normalized spacial score (nSPS) is 10.6. The minimum Gasteiger partial charge on any atom is -0.427 e. The van der Waals surface area contributed by atoms with Crippen LogP contribution in [0.25, 0.3) is 0 Å². The molecule has 17 heavy (non-hydrogen) atoms. The molecular formula is C15H21O2. The van der Waals surface area contributed by atoms with Gasteiger partial charge in [0.1, 0.15) is 5.75 Å². The molecule has 93 valence electrons. The van der Waals surface area contributed by atoms with E-state index in [1.54, 1.807) is 0 Å². The van der Waals surface area contributed by atoms with Gasteiger partial charge in [-0.1, -0.05) is 33.3 Å². The first-order valence-corrected chi connectivity index (χ1v) is 6.16. The first kappa shape index (κ1) is 13.8. The summed E-state index contributed by atoms with van der Waals surface area (Å²) in [5.74, 6) is 1.62. The van der Waals surface area contributed by atoms with Crippen molar-refractivity contribution >= 4 is 5.97 Å². The third-order valence-electron chi connectivity index (χ3n) is 2.62. The molecule has 0 N–H and O–H groups in total. The van der Waals surface area contributed by atoms with Crippen molar-refractivity contribution in [2.75, 3.05) is 0 Å². The standard InChI is InChI=1S/C15H21O2/c1-5-6-7-13-8-14(11(2)3)10-15(9-13)17-12(4)16/h8-10H,5-7H2,1-4H3. The smallest absolute Gasteiger partial charge is 0.308 e. The lowest BCUT2D eigenvalue weighted by Crippen LogP contribution is -2.03. The molecule has 0 saturated carbocycles. The van der Waals surface area contributed by atoms with Crippen molar-refractivity contribution in [3.63, 3.8) is 0 Å². The van der Waals surface area contributed by atoms with Crippen LogP contribution < -0.4 is 4.74 Å². The third-order valence-corrected chi connectivity index (χ3v) is 2.62. The van der Waals surface area contributed by atoms with Gasteiger partial charge in [0, 0.05) is 6.92 Å². The highest BCUT2D eigenvalue weighted by atomic mass is 16.5. The molecule has 0 fully saturated rings. The summed E-state index contributed by atoms with van der Waals surface area (Å²) in [5.41, 5.74) is 2.39. The van der Waals surface area contributed by atoms with Crippen LogP contribution in [0.3, 0.4) is 0 Å². The fraction of sp³-hybridized carbons (Fsp3) is 0.467. The quantitative estimate of drug-likeness (QED) is 0.569. The van der Waals surface area contributed by atoms with Crippen molar-refractivity contribution in [1.29, 1.82) is 0 Å². The Morgan fingerprint density at radius 1 is 1.18 bits per heavy atom. The van der Waals surface area contributed by atoms with E-state index in [0.717, 1.165) is 18.4 Å². The van der Waals surface area contributed by atoms with Gasteiger partial charge in [-0.05, 0) is 42.0 Å². The lowest BCUT2D eigenvalue weighted by Gasteiger charge is -2.11. The van der Waals surface area contributed by atoms with Gasteiger partial charge in [-0.25, -0.2) is 0 Å². The van der Waals surface area contributed by atoms with Crippen LogP contribution in [-0.4, -0.2) is 5.97 Å². The van der Waals surface area contributed by atoms with Gasteiger partial charge in [0.15, 0.2) is 0 Å². The van der Waals surface area contributed by atoms with Crippen LogP contribution >= 0.6 is 0 Å². The molecule has 0 saturated heterocycles. The highest BCUT2D eigenvalue weighted by Gasteiger charge is 2.07. The molecule has 0 unspecified atom stereocenters. The number of carbonyl (C=O) groups excluding carboxylic acids is 1. The number of esters is 1. The van der Waals surface area contributed by atoms with Crippen molar-refractivity contribution in [3.05, 3.63) is 35.2 Å². The van der Waals surface area contributed by atoms with Crippen molar-refractivity contribution in [2.45, 2.75) is 47.0 Å². The average Bonchev–Trinajstić information content (AvgIpc) is 2.25. The minimum absolute atomic E-state index is 0.266. The van der Waals surface area contributed by atoms with Crippen LogP contribution in [0.5, 0.6) is 5.75 Å². The lowest BCUT2D eigenvalue weighted by molar-refractivity contribution is -0.131. The van der Waals surface area contributed by atoms with Gasteiger partial charge in [-0.3, -0.25) is 4.79 Å². The molecule has 0 amide bonds. The Balaban J connectivity index is 2.96. The summed E-state index contributed by atoms with van der Waals surface area (Å²) in [7, 11) is 0. The molecule has 0 aromatic heterocycles. The van der Waals surface area contributed by atoms with Crippen molar-refractivity contribution in [3.8, 4) is 5.75 Å². The molecule has 0 spiro atoms. The van der Waals surface area contributed by atoms with E-state index in [1.165, 1.54) is 24.8 Å². The van der Waals surface area contributed by atoms with Crippen LogP contribution in [0.1, 0.15) is 51.7 Å². The second-order valence-corrected chi connectivity index (χ2v) is 4.56. The Bertz CT molecular complexity index is 381. The second kappa shape index (κ2) is 6.43. The Kier molecular flexibility index (Phi) is 5.20. The molecule has 0 bridgehead atoms. The van der Waals surface area contributed by atoms with Gasteiger partial charge in [-0.15, -0.1) is 0 Å². The van der Waals surface area contributed by atoms with E-state index in [9.17, 15) is 4.79 Å². The van der Waals surface area contributed by atoms with E-state index in [-0.39, 0.29) is 5.97 Å². The van der Waals surface area contributed by atoms with Crippen LogP contribution in [0.2, 0.25) is 0 Å². The highest BCUT2D eigenvalue weighted by Crippen LogP contribution is 2.23. The van der Waals surface area contributed by atoms with E-state index in [0.29, 0.717) is 5.75 Å². The largest absolute Gasteiger partial charge is 0.427 e. The molecule has 0 heterocycles. The Hall–Kier alpha value is -1.31. The maximum atomic E-state index is 11.0. The van der Waals surface area contributed by atoms with Crippen molar-refractivity contribution < 1.29 is 9.53 Å². The van der Waals surface area contributed by atoms with Gasteiger partial charge >= 0.3 is 5.97 Å². The molecule has 0 aliphatic carbocycles. The molecular weight excluding hydrogens is 212 g/mol. The van der Waals surface area contributed by atoms with Crippen molar-refractivity contribution in [1.82, 2.24) is 0 Å². The summed E-state index contributed by atoms with van der Waals surface area (Å²) in [6.07, 6.45) is 3.36. The topological polar surface area (TPSA) is 26.3 Å². The SMILES string of the molecule is CCCCc1cc(OC(C)=O)cc([C](C)C)c1. The summed E-state index contributed by atoms with van der Waals surface area (Å²) < 4.78 is 5.17. The lowest BCUT2D eigenvalue weighted by atomic mass is 9.98. The number of ether oxygens (including phenoxy) is 1. The predicted molar refractivity (Wildman–Crippen MR) is 70.1 cm³/mol. The molecule has 0 aliphatic rings. The molecule has 1 aromatic carbocycles. The fourth-order valence-corrected chi connectivity index (χ4v) is 1.70. The monoisotopic (exact) mass is 233 g/mol. The second-order valence-electron chi connectivity index (χ2n) is 4.56. The van der Waals surface area contributed by atoms with E-state index < -0.39 is 0 Å². The summed E-state index contributed by atoms with van der Waals surface area (Å²) in [5, 5.41) is 0. The van der Waals surface area contributed by atoms with Gasteiger partial charge in [0.2, 0.25) is 0 Å². The average molecular weight is 233 g/mol.